The summed E-state index contributed by atoms with van der Waals surface area (Å²) >= 11 is 0. The van der Waals surface area contributed by atoms with Crippen LogP contribution in [0.15, 0.2) is 85.1 Å². The molecule has 366 valence electrons. The summed E-state index contributed by atoms with van der Waals surface area (Å²) in [6.07, 6.45) is 67.1. The molecule has 0 saturated heterocycles. The fourth-order valence-electron chi connectivity index (χ4n) is 7.34. The molecule has 0 radical (unpaired) electrons. The number of carbonyl (C=O) groups excluding carboxylic acids is 3. The van der Waals surface area contributed by atoms with E-state index >= 15 is 0 Å². The number of ether oxygens (including phenoxy) is 3. The third-order valence-corrected chi connectivity index (χ3v) is 11.3. The Morgan fingerprint density at radius 1 is 0.328 bits per heavy atom. The van der Waals surface area contributed by atoms with Gasteiger partial charge in [-0.15, -0.1) is 0 Å². The van der Waals surface area contributed by atoms with Gasteiger partial charge in [-0.25, -0.2) is 0 Å². The molecule has 0 N–H and O–H groups in total. The van der Waals surface area contributed by atoms with Gasteiger partial charge in [0.1, 0.15) is 13.2 Å². The molecule has 0 aromatic heterocycles. The third kappa shape index (κ3) is 49.6. The standard InChI is InChI=1S/C58H98O6/c1-4-7-10-13-16-19-22-25-27-28-29-31-33-36-39-42-45-48-51-57(60)63-54-55(53-62-56(59)50-47-44-41-38-35-32-24-21-18-15-12-9-6-3)64-58(61)52-49-46-43-40-37-34-30-26-23-20-17-14-11-8-5-2/h8-9,11-12,14-15,17-18,20-21,23-24,26,30,55H,4-7,10,13,16,19,22,25,27-29,31-54H2,1-3H3/b11-8-,12-9-,17-14-,18-15-,23-20-,24-21-,30-26-. The molecular formula is C58H98O6. The lowest BCUT2D eigenvalue weighted by atomic mass is 10.0. The normalized spacial score (nSPS) is 12.7. The summed E-state index contributed by atoms with van der Waals surface area (Å²) in [6.45, 7) is 6.34. The van der Waals surface area contributed by atoms with Gasteiger partial charge in [0, 0.05) is 19.3 Å². The summed E-state index contributed by atoms with van der Waals surface area (Å²) in [6, 6.07) is 0. The first-order valence-corrected chi connectivity index (χ1v) is 26.7. The lowest BCUT2D eigenvalue weighted by Crippen LogP contribution is -2.30. The van der Waals surface area contributed by atoms with Crippen molar-refractivity contribution in [3.8, 4) is 0 Å². The van der Waals surface area contributed by atoms with Crippen LogP contribution in [0.25, 0.3) is 0 Å². The highest BCUT2D eigenvalue weighted by molar-refractivity contribution is 5.71. The molecule has 0 aliphatic carbocycles. The quantitative estimate of drug-likeness (QED) is 0.0262. The van der Waals surface area contributed by atoms with Crippen LogP contribution in [0.4, 0.5) is 0 Å². The van der Waals surface area contributed by atoms with Crippen LogP contribution in [-0.4, -0.2) is 37.2 Å². The number of hydrogen-bond acceptors (Lipinski definition) is 6. The number of carbonyl (C=O) groups is 3. The summed E-state index contributed by atoms with van der Waals surface area (Å²) in [4.78, 5) is 38.0. The predicted octanol–water partition coefficient (Wildman–Crippen LogP) is 17.6. The molecule has 0 aliphatic rings. The van der Waals surface area contributed by atoms with E-state index in [1.165, 1.54) is 96.3 Å². The average molecular weight is 891 g/mol. The SMILES string of the molecule is CC\C=C/C=C\C=C/C=C\CCCCCCCC(=O)OC(COC(=O)CCCCCCC\C=C/C=C\C=C/CC)COC(=O)CCCCCCCCCCCCCCCCCCCC. The zero-order valence-electron chi connectivity index (χ0n) is 41.8. The Hall–Kier alpha value is -3.41. The Morgan fingerprint density at radius 3 is 0.953 bits per heavy atom. The van der Waals surface area contributed by atoms with Crippen LogP contribution >= 0.6 is 0 Å². The third-order valence-electron chi connectivity index (χ3n) is 11.3. The van der Waals surface area contributed by atoms with Crippen LogP contribution in [0.5, 0.6) is 0 Å². The van der Waals surface area contributed by atoms with Crippen molar-refractivity contribution in [1.29, 1.82) is 0 Å². The zero-order valence-corrected chi connectivity index (χ0v) is 41.8. The molecular weight excluding hydrogens is 793 g/mol. The fourth-order valence-corrected chi connectivity index (χ4v) is 7.34. The van der Waals surface area contributed by atoms with Crippen LogP contribution in [0.1, 0.15) is 245 Å². The first-order valence-electron chi connectivity index (χ1n) is 26.7. The van der Waals surface area contributed by atoms with Crippen molar-refractivity contribution in [2.45, 2.75) is 252 Å². The summed E-state index contributed by atoms with van der Waals surface area (Å²) in [5, 5.41) is 0. The van der Waals surface area contributed by atoms with Gasteiger partial charge in [-0.3, -0.25) is 14.4 Å². The average Bonchev–Trinajstić information content (AvgIpc) is 3.29. The maximum absolute atomic E-state index is 12.8. The molecule has 0 aromatic carbocycles. The lowest BCUT2D eigenvalue weighted by molar-refractivity contribution is -0.167. The summed E-state index contributed by atoms with van der Waals surface area (Å²) in [7, 11) is 0. The van der Waals surface area contributed by atoms with Gasteiger partial charge < -0.3 is 14.2 Å². The maximum Gasteiger partial charge on any atom is 0.306 e. The van der Waals surface area contributed by atoms with E-state index in [4.69, 9.17) is 14.2 Å². The molecule has 64 heavy (non-hydrogen) atoms. The van der Waals surface area contributed by atoms with Crippen molar-refractivity contribution in [3.05, 3.63) is 85.1 Å². The summed E-state index contributed by atoms with van der Waals surface area (Å²) in [5.41, 5.74) is 0. The van der Waals surface area contributed by atoms with Gasteiger partial charge in [0.25, 0.3) is 0 Å². The molecule has 0 saturated carbocycles. The highest BCUT2D eigenvalue weighted by Crippen LogP contribution is 2.16. The number of esters is 3. The predicted molar refractivity (Wildman–Crippen MR) is 274 cm³/mol. The maximum atomic E-state index is 12.8. The fraction of sp³-hybridized carbons (Fsp3) is 0.707. The minimum absolute atomic E-state index is 0.0918. The molecule has 1 unspecified atom stereocenters. The van der Waals surface area contributed by atoms with Gasteiger partial charge in [-0.2, -0.15) is 0 Å². The highest BCUT2D eigenvalue weighted by atomic mass is 16.6. The minimum Gasteiger partial charge on any atom is -0.462 e. The monoisotopic (exact) mass is 891 g/mol. The van der Waals surface area contributed by atoms with Crippen molar-refractivity contribution in [1.82, 2.24) is 0 Å². The van der Waals surface area contributed by atoms with E-state index in [1.807, 2.05) is 18.2 Å². The molecule has 1 atom stereocenters. The second-order valence-electron chi connectivity index (χ2n) is 17.5. The minimum atomic E-state index is -0.796. The van der Waals surface area contributed by atoms with Crippen molar-refractivity contribution >= 4 is 17.9 Å². The van der Waals surface area contributed by atoms with Crippen LogP contribution in [-0.2, 0) is 28.6 Å². The Kier molecular flexibility index (Phi) is 49.4. The lowest BCUT2D eigenvalue weighted by Gasteiger charge is -2.18. The number of rotatable bonds is 47. The molecule has 0 heterocycles. The van der Waals surface area contributed by atoms with Crippen LogP contribution in [0.2, 0.25) is 0 Å². The Morgan fingerprint density at radius 2 is 0.609 bits per heavy atom. The van der Waals surface area contributed by atoms with Gasteiger partial charge in [0.2, 0.25) is 0 Å². The van der Waals surface area contributed by atoms with Crippen LogP contribution in [0, 0.1) is 0 Å². The van der Waals surface area contributed by atoms with E-state index in [9.17, 15) is 14.4 Å². The van der Waals surface area contributed by atoms with E-state index in [0.29, 0.717) is 19.3 Å². The molecule has 6 nitrogen and oxygen atoms in total. The van der Waals surface area contributed by atoms with Crippen molar-refractivity contribution < 1.29 is 28.6 Å². The first-order chi connectivity index (χ1) is 31.5. The van der Waals surface area contributed by atoms with E-state index in [1.54, 1.807) is 0 Å². The molecule has 0 bridgehead atoms. The topological polar surface area (TPSA) is 78.9 Å². The Bertz CT molecular complexity index is 1250. The van der Waals surface area contributed by atoms with Gasteiger partial charge >= 0.3 is 17.9 Å². The summed E-state index contributed by atoms with van der Waals surface area (Å²) in [5.74, 6) is -0.934. The highest BCUT2D eigenvalue weighted by Gasteiger charge is 2.19. The molecule has 0 fully saturated rings. The Labute approximate surface area is 395 Å². The molecule has 0 aliphatic heterocycles. The second-order valence-corrected chi connectivity index (χ2v) is 17.5. The smallest absolute Gasteiger partial charge is 0.306 e. The zero-order chi connectivity index (χ0) is 46.5. The molecule has 0 amide bonds. The van der Waals surface area contributed by atoms with Crippen molar-refractivity contribution in [2.75, 3.05) is 13.2 Å². The molecule has 0 aromatic rings. The van der Waals surface area contributed by atoms with E-state index in [0.717, 1.165) is 109 Å². The second kappa shape index (κ2) is 52.2. The van der Waals surface area contributed by atoms with E-state index < -0.39 is 6.10 Å². The number of allylic oxidation sites excluding steroid dienone is 14. The van der Waals surface area contributed by atoms with Gasteiger partial charge in [0.05, 0.1) is 0 Å². The molecule has 6 heteroatoms. The van der Waals surface area contributed by atoms with Gasteiger partial charge in [-0.1, -0.05) is 254 Å². The van der Waals surface area contributed by atoms with Gasteiger partial charge in [-0.05, 0) is 57.8 Å². The van der Waals surface area contributed by atoms with Crippen LogP contribution in [0.3, 0.4) is 0 Å². The number of hydrogen-bond donors (Lipinski definition) is 0. The van der Waals surface area contributed by atoms with Gasteiger partial charge in [0.15, 0.2) is 6.10 Å². The first kappa shape index (κ1) is 60.6. The van der Waals surface area contributed by atoms with E-state index in [2.05, 4.69) is 87.6 Å². The van der Waals surface area contributed by atoms with Crippen LogP contribution < -0.4 is 0 Å². The van der Waals surface area contributed by atoms with Crippen molar-refractivity contribution in [2.24, 2.45) is 0 Å². The van der Waals surface area contributed by atoms with Crippen molar-refractivity contribution in [3.63, 3.8) is 0 Å². The molecule has 0 spiro atoms. The van der Waals surface area contributed by atoms with E-state index in [-0.39, 0.29) is 31.1 Å². The number of unbranched alkanes of at least 4 members (excludes halogenated alkanes) is 27. The largest absolute Gasteiger partial charge is 0.462 e. The summed E-state index contributed by atoms with van der Waals surface area (Å²) < 4.78 is 16.8. The Balaban J connectivity index is 4.41. The molecule has 0 rings (SSSR count).